The second-order valence-electron chi connectivity index (χ2n) is 4.10. The molecule has 0 amide bonds. The van der Waals surface area contributed by atoms with Crippen LogP contribution in [0.25, 0.3) is 0 Å². The van der Waals surface area contributed by atoms with Crippen molar-refractivity contribution in [3.05, 3.63) is 0 Å². The molecule has 0 radical (unpaired) electrons. The molecule has 0 spiro atoms. The van der Waals surface area contributed by atoms with Gasteiger partial charge >= 0.3 is 23.5 Å². The minimum atomic E-state index is -4.64. The van der Waals surface area contributed by atoms with E-state index in [0.717, 1.165) is 6.42 Å². The number of aliphatic hydroxyl groups excluding tert-OH is 3. The van der Waals surface area contributed by atoms with Crippen LogP contribution in [0.1, 0.15) is 19.3 Å². The molecule has 15 nitrogen and oxygen atoms in total. The van der Waals surface area contributed by atoms with Gasteiger partial charge in [0.15, 0.2) is 0 Å². The molecule has 0 aromatic heterocycles. The van der Waals surface area contributed by atoms with Crippen molar-refractivity contribution < 1.29 is 73.1 Å². The van der Waals surface area contributed by atoms with Crippen LogP contribution in [0.2, 0.25) is 0 Å². The van der Waals surface area contributed by atoms with E-state index in [1.807, 2.05) is 0 Å². The summed E-state index contributed by atoms with van der Waals surface area (Å²) in [6.07, 6.45) is -0.322. The maximum absolute atomic E-state index is 8.95. The fourth-order valence-electron chi connectivity index (χ4n) is 1.13. The number of rotatable bonds is 0. The first kappa shape index (κ1) is 29.0. The third-order valence-corrected chi connectivity index (χ3v) is 1.79. The van der Waals surface area contributed by atoms with Gasteiger partial charge in [0.25, 0.3) is 0 Å². The Hall–Kier alpha value is 0.210. The lowest BCUT2D eigenvalue weighted by Crippen LogP contribution is -2.40. The van der Waals surface area contributed by atoms with E-state index in [-0.39, 0.29) is 0 Å². The summed E-state index contributed by atoms with van der Waals surface area (Å²) in [7, 11) is -13.9. The summed E-state index contributed by atoms with van der Waals surface area (Å²) in [5.41, 5.74) is 0. The number of aliphatic hydroxyl groups is 3. The van der Waals surface area contributed by atoms with Gasteiger partial charge in [0.2, 0.25) is 0 Å². The van der Waals surface area contributed by atoms with E-state index in [1.165, 1.54) is 0 Å². The van der Waals surface area contributed by atoms with E-state index in [2.05, 4.69) is 0 Å². The highest BCUT2D eigenvalue weighted by molar-refractivity contribution is 7.45. The van der Waals surface area contributed by atoms with Crippen LogP contribution in [0.4, 0.5) is 0 Å². The molecular formula is C6H21O15P3. The molecule has 150 valence electrons. The predicted molar refractivity (Wildman–Crippen MR) is 74.7 cm³/mol. The first-order valence-corrected chi connectivity index (χ1v) is 10.3. The van der Waals surface area contributed by atoms with Crippen molar-refractivity contribution in [2.24, 2.45) is 0 Å². The van der Waals surface area contributed by atoms with Crippen LogP contribution in [-0.4, -0.2) is 77.7 Å². The van der Waals surface area contributed by atoms with E-state index in [1.54, 1.807) is 0 Å². The fraction of sp³-hybridized carbons (Fsp3) is 1.00. The van der Waals surface area contributed by atoms with E-state index < -0.39 is 41.8 Å². The molecule has 0 aliphatic heterocycles. The van der Waals surface area contributed by atoms with Gasteiger partial charge in [0, 0.05) is 0 Å². The third kappa shape index (κ3) is 49.5. The van der Waals surface area contributed by atoms with Crippen molar-refractivity contribution in [2.45, 2.75) is 37.6 Å². The molecule has 18 heteroatoms. The summed E-state index contributed by atoms with van der Waals surface area (Å²) in [5.74, 6) is 0. The molecule has 0 saturated heterocycles. The Morgan fingerprint density at radius 2 is 0.708 bits per heavy atom. The van der Waals surface area contributed by atoms with Crippen molar-refractivity contribution in [1.29, 1.82) is 0 Å². The van der Waals surface area contributed by atoms with Gasteiger partial charge in [0.1, 0.15) is 6.10 Å². The van der Waals surface area contributed by atoms with Crippen molar-refractivity contribution in [3.63, 3.8) is 0 Å². The number of phosphoric acid groups is 3. The minimum Gasteiger partial charge on any atom is -0.390 e. The lowest BCUT2D eigenvalue weighted by Gasteiger charge is -2.27. The first-order valence-electron chi connectivity index (χ1n) is 5.61. The summed E-state index contributed by atoms with van der Waals surface area (Å²) in [6.45, 7) is 0. The van der Waals surface area contributed by atoms with Gasteiger partial charge in [-0.2, -0.15) is 0 Å². The monoisotopic (exact) mass is 426 g/mol. The van der Waals surface area contributed by atoms with Gasteiger partial charge in [-0.25, -0.2) is 13.7 Å². The largest absolute Gasteiger partial charge is 0.466 e. The van der Waals surface area contributed by atoms with E-state index in [4.69, 9.17) is 73.1 Å². The molecule has 0 heterocycles. The molecule has 1 rings (SSSR count). The van der Waals surface area contributed by atoms with Crippen LogP contribution < -0.4 is 0 Å². The van der Waals surface area contributed by atoms with Crippen LogP contribution in [0, 0.1) is 0 Å². The SMILES string of the molecule is O=P(O)(O)O.O=P(O)(O)O.O=P(O)(O)O.OC1CCCC(O)C1O. The van der Waals surface area contributed by atoms with Crippen LogP contribution in [0.3, 0.4) is 0 Å². The highest BCUT2D eigenvalue weighted by Crippen LogP contribution is 2.26. The van der Waals surface area contributed by atoms with Crippen LogP contribution in [-0.2, 0) is 13.7 Å². The van der Waals surface area contributed by atoms with Gasteiger partial charge in [-0.1, -0.05) is 0 Å². The zero-order valence-electron chi connectivity index (χ0n) is 11.8. The molecule has 1 aliphatic rings. The minimum absolute atomic E-state index is 0.609. The predicted octanol–water partition coefficient (Wildman–Crippen LogP) is -3.53. The Morgan fingerprint density at radius 3 is 0.833 bits per heavy atom. The molecule has 2 atom stereocenters. The van der Waals surface area contributed by atoms with Crippen molar-refractivity contribution in [3.8, 4) is 0 Å². The van der Waals surface area contributed by atoms with Crippen molar-refractivity contribution >= 4 is 23.5 Å². The molecule has 0 bridgehead atoms. The quantitative estimate of drug-likeness (QED) is 0.167. The number of hydrogen-bond acceptors (Lipinski definition) is 6. The molecule has 24 heavy (non-hydrogen) atoms. The van der Waals surface area contributed by atoms with Crippen LogP contribution in [0.15, 0.2) is 0 Å². The average molecular weight is 426 g/mol. The summed E-state index contributed by atoms with van der Waals surface area (Å²) >= 11 is 0. The Bertz CT molecular complexity index is 366. The summed E-state index contributed by atoms with van der Waals surface area (Å²) in [4.78, 5) is 64.7. The molecule has 2 unspecified atom stereocenters. The van der Waals surface area contributed by atoms with Crippen molar-refractivity contribution in [1.82, 2.24) is 0 Å². The van der Waals surface area contributed by atoms with Crippen molar-refractivity contribution in [2.75, 3.05) is 0 Å². The maximum Gasteiger partial charge on any atom is 0.466 e. The van der Waals surface area contributed by atoms with Gasteiger partial charge in [0.05, 0.1) is 12.2 Å². The first-order chi connectivity index (χ1) is 10.2. The Morgan fingerprint density at radius 1 is 0.542 bits per heavy atom. The Labute approximate surface area is 135 Å². The fourth-order valence-corrected chi connectivity index (χ4v) is 1.13. The standard InChI is InChI=1S/C6H12O3.3H3O4P/c7-4-2-1-3-5(8)6(4)9;3*1-5(2,3)4/h4-9H,1-3H2;3*(H3,1,2,3,4). The second-order valence-corrected chi connectivity index (χ2v) is 7.18. The summed E-state index contributed by atoms with van der Waals surface area (Å²) in [6, 6.07) is 0. The zero-order valence-corrected chi connectivity index (χ0v) is 14.5. The van der Waals surface area contributed by atoms with Crippen LogP contribution in [0.5, 0.6) is 0 Å². The third-order valence-electron chi connectivity index (χ3n) is 1.79. The summed E-state index contributed by atoms with van der Waals surface area (Å²) < 4.78 is 26.6. The lowest BCUT2D eigenvalue weighted by atomic mass is 9.92. The zero-order chi connectivity index (χ0) is 20.4. The van der Waals surface area contributed by atoms with E-state index in [0.29, 0.717) is 12.8 Å². The highest BCUT2D eigenvalue weighted by Gasteiger charge is 2.28. The number of hydrogen-bond donors (Lipinski definition) is 12. The highest BCUT2D eigenvalue weighted by atomic mass is 31.2. The topological polar surface area (TPSA) is 294 Å². The van der Waals surface area contributed by atoms with E-state index in [9.17, 15) is 0 Å². The Kier molecular flexibility index (Phi) is 15.2. The van der Waals surface area contributed by atoms with Gasteiger partial charge < -0.3 is 59.4 Å². The smallest absolute Gasteiger partial charge is 0.390 e. The molecule has 0 aromatic carbocycles. The Balaban J connectivity index is -0.000000259. The van der Waals surface area contributed by atoms with Crippen LogP contribution >= 0.6 is 23.5 Å². The normalized spacial score (nSPS) is 24.2. The second kappa shape index (κ2) is 12.5. The van der Waals surface area contributed by atoms with E-state index >= 15 is 0 Å². The summed E-state index contributed by atoms with van der Waals surface area (Å²) in [5, 5.41) is 26.8. The lowest BCUT2D eigenvalue weighted by molar-refractivity contribution is -0.0843. The molecule has 1 fully saturated rings. The van der Waals surface area contributed by atoms with Gasteiger partial charge in [-0.3, -0.25) is 0 Å². The molecule has 1 saturated carbocycles. The molecule has 1 aliphatic carbocycles. The van der Waals surface area contributed by atoms with Gasteiger partial charge in [-0.15, -0.1) is 0 Å². The van der Waals surface area contributed by atoms with Gasteiger partial charge in [-0.05, 0) is 19.3 Å². The molecular weight excluding hydrogens is 405 g/mol. The molecule has 12 N–H and O–H groups in total. The molecule has 0 aromatic rings. The average Bonchev–Trinajstić information content (AvgIpc) is 2.18. The maximum atomic E-state index is 8.95.